The number of hydrogen-bond acceptors (Lipinski definition) is 3. The molecule has 4 heteroatoms. The molecule has 104 valence electrons. The van der Waals surface area contributed by atoms with Gasteiger partial charge in [-0.25, -0.2) is 4.39 Å². The van der Waals surface area contributed by atoms with Gasteiger partial charge in [-0.2, -0.15) is 0 Å². The maximum absolute atomic E-state index is 13.0. The number of benzene rings is 1. The van der Waals surface area contributed by atoms with Crippen LogP contribution >= 0.6 is 0 Å². The largest absolute Gasteiger partial charge is 0.314 e. The van der Waals surface area contributed by atoms with Crippen LogP contribution in [0, 0.1) is 5.82 Å². The molecule has 0 saturated carbocycles. The SMILES string of the molecule is Fc1ccc(CN2CCNCC2c2ccncc2)cc1. The summed E-state index contributed by atoms with van der Waals surface area (Å²) in [5.74, 6) is -0.181. The molecule has 2 aromatic rings. The summed E-state index contributed by atoms with van der Waals surface area (Å²) in [6.45, 7) is 3.76. The van der Waals surface area contributed by atoms with Crippen molar-refractivity contribution in [1.82, 2.24) is 15.2 Å². The van der Waals surface area contributed by atoms with Crippen molar-refractivity contribution in [2.24, 2.45) is 0 Å². The van der Waals surface area contributed by atoms with Gasteiger partial charge < -0.3 is 5.32 Å². The Kier molecular flexibility index (Phi) is 4.04. The van der Waals surface area contributed by atoms with Gasteiger partial charge in [0.1, 0.15) is 5.82 Å². The molecule has 1 aromatic carbocycles. The monoisotopic (exact) mass is 271 g/mol. The van der Waals surface area contributed by atoms with Crippen LogP contribution in [-0.4, -0.2) is 29.5 Å². The summed E-state index contributed by atoms with van der Waals surface area (Å²) in [6, 6.07) is 11.3. The van der Waals surface area contributed by atoms with Crippen molar-refractivity contribution in [3.63, 3.8) is 0 Å². The van der Waals surface area contributed by atoms with Gasteiger partial charge in [0, 0.05) is 44.6 Å². The molecule has 1 atom stereocenters. The summed E-state index contributed by atoms with van der Waals surface area (Å²) in [7, 11) is 0. The van der Waals surface area contributed by atoms with E-state index in [1.807, 2.05) is 24.5 Å². The highest BCUT2D eigenvalue weighted by atomic mass is 19.1. The van der Waals surface area contributed by atoms with Crippen LogP contribution in [0.1, 0.15) is 17.2 Å². The molecule has 1 fully saturated rings. The topological polar surface area (TPSA) is 28.2 Å². The molecular formula is C16H18FN3. The van der Waals surface area contributed by atoms with Gasteiger partial charge in [-0.3, -0.25) is 9.88 Å². The summed E-state index contributed by atoms with van der Waals surface area (Å²) in [4.78, 5) is 6.51. The van der Waals surface area contributed by atoms with Crippen molar-refractivity contribution < 1.29 is 4.39 Å². The predicted octanol–water partition coefficient (Wildman–Crippen LogP) is 2.37. The zero-order valence-electron chi connectivity index (χ0n) is 11.3. The van der Waals surface area contributed by atoms with Crippen LogP contribution in [0.2, 0.25) is 0 Å². The second-order valence-electron chi connectivity index (χ2n) is 5.10. The van der Waals surface area contributed by atoms with Gasteiger partial charge in [-0.05, 0) is 35.4 Å². The number of hydrogen-bond donors (Lipinski definition) is 1. The standard InChI is InChI=1S/C16H18FN3/c17-15-3-1-13(2-4-15)12-20-10-9-19-11-16(20)14-5-7-18-8-6-14/h1-8,16,19H,9-12H2. The fourth-order valence-electron chi connectivity index (χ4n) is 2.67. The zero-order valence-corrected chi connectivity index (χ0v) is 11.3. The summed E-state index contributed by atoms with van der Waals surface area (Å²) >= 11 is 0. The molecule has 3 rings (SSSR count). The van der Waals surface area contributed by atoms with Gasteiger partial charge in [0.25, 0.3) is 0 Å². The number of nitrogens with one attached hydrogen (secondary N) is 1. The highest BCUT2D eigenvalue weighted by Crippen LogP contribution is 2.23. The maximum Gasteiger partial charge on any atom is 0.123 e. The summed E-state index contributed by atoms with van der Waals surface area (Å²) in [5, 5.41) is 3.44. The first kappa shape index (κ1) is 13.2. The Morgan fingerprint density at radius 1 is 1.15 bits per heavy atom. The fourth-order valence-corrected chi connectivity index (χ4v) is 2.67. The predicted molar refractivity (Wildman–Crippen MR) is 76.7 cm³/mol. The minimum atomic E-state index is -0.181. The highest BCUT2D eigenvalue weighted by molar-refractivity contribution is 5.19. The number of piperazine rings is 1. The Morgan fingerprint density at radius 3 is 2.65 bits per heavy atom. The van der Waals surface area contributed by atoms with Crippen molar-refractivity contribution >= 4 is 0 Å². The van der Waals surface area contributed by atoms with Crippen LogP contribution in [0.15, 0.2) is 48.8 Å². The van der Waals surface area contributed by atoms with Crippen LogP contribution < -0.4 is 5.32 Å². The highest BCUT2D eigenvalue weighted by Gasteiger charge is 2.23. The van der Waals surface area contributed by atoms with Gasteiger partial charge >= 0.3 is 0 Å². The lowest BCUT2D eigenvalue weighted by Crippen LogP contribution is -2.45. The average Bonchev–Trinajstić information content (AvgIpc) is 2.51. The minimum absolute atomic E-state index is 0.181. The Bertz CT molecular complexity index is 541. The van der Waals surface area contributed by atoms with Gasteiger partial charge in [0.2, 0.25) is 0 Å². The maximum atomic E-state index is 13.0. The van der Waals surface area contributed by atoms with E-state index in [1.165, 1.54) is 17.7 Å². The molecule has 1 unspecified atom stereocenters. The molecule has 20 heavy (non-hydrogen) atoms. The lowest BCUT2D eigenvalue weighted by molar-refractivity contribution is 0.153. The lowest BCUT2D eigenvalue weighted by atomic mass is 10.0. The Hall–Kier alpha value is -1.78. The summed E-state index contributed by atoms with van der Waals surface area (Å²) in [5.41, 5.74) is 2.42. The van der Waals surface area contributed by atoms with E-state index in [4.69, 9.17) is 0 Å². The van der Waals surface area contributed by atoms with Crippen LogP contribution in [0.4, 0.5) is 4.39 Å². The molecule has 0 spiro atoms. The molecule has 2 heterocycles. The van der Waals surface area contributed by atoms with Crippen LogP contribution in [0.5, 0.6) is 0 Å². The van der Waals surface area contributed by atoms with Crippen molar-refractivity contribution in [3.05, 3.63) is 65.7 Å². The summed E-state index contributed by atoms with van der Waals surface area (Å²) in [6.07, 6.45) is 3.67. The van der Waals surface area contributed by atoms with Crippen LogP contribution in [0.3, 0.4) is 0 Å². The number of nitrogens with zero attached hydrogens (tertiary/aromatic N) is 2. The van der Waals surface area contributed by atoms with Crippen molar-refractivity contribution in [3.8, 4) is 0 Å². The van der Waals surface area contributed by atoms with E-state index in [0.29, 0.717) is 6.04 Å². The third-order valence-electron chi connectivity index (χ3n) is 3.74. The molecule has 0 radical (unpaired) electrons. The van der Waals surface area contributed by atoms with Crippen molar-refractivity contribution in [2.45, 2.75) is 12.6 Å². The van der Waals surface area contributed by atoms with Crippen LogP contribution in [0.25, 0.3) is 0 Å². The van der Waals surface area contributed by atoms with Gasteiger partial charge in [-0.15, -0.1) is 0 Å². The molecular weight excluding hydrogens is 253 g/mol. The van der Waals surface area contributed by atoms with Crippen LogP contribution in [-0.2, 0) is 6.54 Å². The first-order chi connectivity index (χ1) is 9.83. The Balaban J connectivity index is 1.77. The van der Waals surface area contributed by atoms with E-state index in [9.17, 15) is 4.39 Å². The summed E-state index contributed by atoms with van der Waals surface area (Å²) < 4.78 is 13.0. The van der Waals surface area contributed by atoms with E-state index in [-0.39, 0.29) is 5.82 Å². The minimum Gasteiger partial charge on any atom is -0.314 e. The molecule has 1 aromatic heterocycles. The number of aromatic nitrogens is 1. The molecule has 0 amide bonds. The van der Waals surface area contributed by atoms with E-state index < -0.39 is 0 Å². The number of rotatable bonds is 3. The van der Waals surface area contributed by atoms with Gasteiger partial charge in [0.05, 0.1) is 0 Å². The van der Waals surface area contributed by atoms with Crippen molar-refractivity contribution in [1.29, 1.82) is 0 Å². The number of halogens is 1. The molecule has 1 N–H and O–H groups in total. The second-order valence-corrected chi connectivity index (χ2v) is 5.10. The molecule has 1 aliphatic heterocycles. The molecule has 1 saturated heterocycles. The zero-order chi connectivity index (χ0) is 13.8. The van der Waals surface area contributed by atoms with Gasteiger partial charge in [-0.1, -0.05) is 12.1 Å². The van der Waals surface area contributed by atoms with E-state index in [0.717, 1.165) is 31.7 Å². The first-order valence-electron chi connectivity index (χ1n) is 6.92. The van der Waals surface area contributed by atoms with E-state index >= 15 is 0 Å². The Labute approximate surface area is 118 Å². The third kappa shape index (κ3) is 3.03. The van der Waals surface area contributed by atoms with E-state index in [2.05, 4.69) is 27.3 Å². The average molecular weight is 271 g/mol. The van der Waals surface area contributed by atoms with Crippen molar-refractivity contribution in [2.75, 3.05) is 19.6 Å². The van der Waals surface area contributed by atoms with E-state index in [1.54, 1.807) is 0 Å². The van der Waals surface area contributed by atoms with Gasteiger partial charge in [0.15, 0.2) is 0 Å². The third-order valence-corrected chi connectivity index (χ3v) is 3.74. The fraction of sp³-hybridized carbons (Fsp3) is 0.312. The second kappa shape index (κ2) is 6.11. The lowest BCUT2D eigenvalue weighted by Gasteiger charge is -2.36. The number of pyridine rings is 1. The quantitative estimate of drug-likeness (QED) is 0.929. The molecule has 1 aliphatic rings. The molecule has 0 aliphatic carbocycles. The molecule has 3 nitrogen and oxygen atoms in total. The first-order valence-corrected chi connectivity index (χ1v) is 6.92. The normalized spacial score (nSPS) is 19.9. The Morgan fingerprint density at radius 2 is 1.90 bits per heavy atom. The molecule has 0 bridgehead atoms. The smallest absolute Gasteiger partial charge is 0.123 e.